The third-order valence-corrected chi connectivity index (χ3v) is 6.49. The minimum atomic E-state index is -2.75. The normalized spacial score (nSPS) is 19.8. The number of carbonyl (C=O) groups excluding carboxylic acids is 1. The minimum Gasteiger partial charge on any atom is -0.487 e. The number of ether oxygens (including phenoxy) is 3. The van der Waals surface area contributed by atoms with E-state index in [0.29, 0.717) is 43.4 Å². The molecule has 1 unspecified atom stereocenters. The van der Waals surface area contributed by atoms with Crippen LogP contribution in [-0.4, -0.2) is 67.9 Å². The van der Waals surface area contributed by atoms with Crippen LogP contribution in [0.15, 0.2) is 47.9 Å². The molecule has 0 aliphatic carbocycles. The summed E-state index contributed by atoms with van der Waals surface area (Å²) in [7, 11) is 1.77. The molecule has 1 amide bonds. The maximum atomic E-state index is 14.4. The fourth-order valence-corrected chi connectivity index (χ4v) is 4.67. The summed E-state index contributed by atoms with van der Waals surface area (Å²) in [6, 6.07) is 5.50. The number of nitrogens with one attached hydrogen (secondary N) is 2. The maximum Gasteiger partial charge on any atom is 0.256 e. The molecule has 1 aromatic carbocycles. The summed E-state index contributed by atoms with van der Waals surface area (Å²) in [4.78, 5) is 19.1. The molecule has 8 nitrogen and oxygen atoms in total. The highest BCUT2D eigenvalue weighted by Crippen LogP contribution is 2.33. The molecular formula is C26H29F3N4O4S. The van der Waals surface area contributed by atoms with Gasteiger partial charge >= 0.3 is 0 Å². The van der Waals surface area contributed by atoms with Crippen molar-refractivity contribution in [3.8, 4) is 5.75 Å². The first-order valence-electron chi connectivity index (χ1n) is 12.1. The highest BCUT2D eigenvalue weighted by Gasteiger charge is 2.31. The quantitative estimate of drug-likeness (QED) is 0.456. The number of nitrogens with zero attached hydrogens (tertiary/aromatic N) is 2. The molecule has 38 heavy (non-hydrogen) atoms. The predicted molar refractivity (Wildman–Crippen MR) is 140 cm³/mol. The van der Waals surface area contributed by atoms with Crippen LogP contribution < -0.4 is 20.3 Å². The molecule has 2 aromatic rings. The summed E-state index contributed by atoms with van der Waals surface area (Å²) in [5.41, 5.74) is 1.25. The van der Waals surface area contributed by atoms with E-state index in [1.807, 2.05) is 6.92 Å². The van der Waals surface area contributed by atoms with Crippen molar-refractivity contribution in [2.45, 2.75) is 38.3 Å². The number of hydrogen-bond donors (Lipinski definition) is 2. The van der Waals surface area contributed by atoms with Gasteiger partial charge in [0, 0.05) is 49.1 Å². The van der Waals surface area contributed by atoms with Crippen LogP contribution in [0.1, 0.15) is 18.9 Å². The van der Waals surface area contributed by atoms with Crippen LogP contribution in [0.25, 0.3) is 0 Å². The summed E-state index contributed by atoms with van der Waals surface area (Å²) in [6.45, 7) is 3.57. The van der Waals surface area contributed by atoms with Crippen molar-refractivity contribution < 1.29 is 32.2 Å². The molecule has 0 bridgehead atoms. The SMILES string of the molecule is C[C@@H]1CC(N(C)c2ccncc2OCC2COCCO2)=C(C(=S)Nc2cccc(F)c2CC(F)F)C(=O)N1. The molecule has 1 aromatic heterocycles. The number of alkyl halides is 2. The second-order valence-electron chi connectivity index (χ2n) is 9.00. The van der Waals surface area contributed by atoms with Crippen molar-refractivity contribution in [1.82, 2.24) is 10.3 Å². The zero-order valence-corrected chi connectivity index (χ0v) is 21.8. The summed E-state index contributed by atoms with van der Waals surface area (Å²) in [5, 5.41) is 5.68. The second-order valence-corrected chi connectivity index (χ2v) is 9.40. The number of rotatable bonds is 9. The first-order valence-corrected chi connectivity index (χ1v) is 12.6. The van der Waals surface area contributed by atoms with Gasteiger partial charge in [-0.2, -0.15) is 0 Å². The predicted octanol–water partition coefficient (Wildman–Crippen LogP) is 3.86. The largest absolute Gasteiger partial charge is 0.487 e. The first-order chi connectivity index (χ1) is 18.2. The number of pyridine rings is 1. The molecule has 2 N–H and O–H groups in total. The van der Waals surface area contributed by atoms with Crippen LogP contribution in [0.4, 0.5) is 24.5 Å². The van der Waals surface area contributed by atoms with E-state index in [-0.39, 0.29) is 40.6 Å². The average Bonchev–Trinajstić information content (AvgIpc) is 2.89. The van der Waals surface area contributed by atoms with Gasteiger partial charge in [-0.15, -0.1) is 0 Å². The van der Waals surface area contributed by atoms with Gasteiger partial charge in [-0.25, -0.2) is 13.2 Å². The van der Waals surface area contributed by atoms with Gasteiger partial charge in [-0.05, 0) is 25.1 Å². The molecule has 12 heteroatoms. The number of thiocarbonyl (C=S) groups is 1. The Morgan fingerprint density at radius 2 is 2.16 bits per heavy atom. The number of aromatic nitrogens is 1. The van der Waals surface area contributed by atoms with E-state index in [0.717, 1.165) is 6.07 Å². The molecular weight excluding hydrogens is 521 g/mol. The Morgan fingerprint density at radius 3 is 2.89 bits per heavy atom. The van der Waals surface area contributed by atoms with Gasteiger partial charge < -0.3 is 29.7 Å². The minimum absolute atomic E-state index is 0.0124. The lowest BCUT2D eigenvalue weighted by atomic mass is 9.99. The monoisotopic (exact) mass is 550 g/mol. The molecule has 204 valence electrons. The highest BCUT2D eigenvalue weighted by molar-refractivity contribution is 7.81. The van der Waals surface area contributed by atoms with Crippen molar-refractivity contribution in [3.05, 3.63) is 59.3 Å². The van der Waals surface area contributed by atoms with Crippen LogP contribution >= 0.6 is 12.2 Å². The molecule has 1 fully saturated rings. The number of halogens is 3. The average molecular weight is 551 g/mol. The van der Waals surface area contributed by atoms with Gasteiger partial charge in [0.2, 0.25) is 6.43 Å². The number of hydrogen-bond acceptors (Lipinski definition) is 7. The number of carbonyl (C=O) groups is 1. The smallest absolute Gasteiger partial charge is 0.256 e. The Hall–Kier alpha value is -3.22. The summed E-state index contributed by atoms with van der Waals surface area (Å²) >= 11 is 5.56. The zero-order valence-electron chi connectivity index (χ0n) is 21.0. The molecule has 2 aliphatic rings. The first kappa shape index (κ1) is 27.8. The van der Waals surface area contributed by atoms with E-state index in [2.05, 4.69) is 15.6 Å². The lowest BCUT2D eigenvalue weighted by Gasteiger charge is -2.33. The molecule has 3 heterocycles. The van der Waals surface area contributed by atoms with Crippen LogP contribution in [0.3, 0.4) is 0 Å². The molecule has 4 rings (SSSR count). The van der Waals surface area contributed by atoms with Crippen molar-refractivity contribution in [3.63, 3.8) is 0 Å². The van der Waals surface area contributed by atoms with E-state index >= 15 is 0 Å². The van der Waals surface area contributed by atoms with Crippen molar-refractivity contribution >= 4 is 34.5 Å². The van der Waals surface area contributed by atoms with E-state index in [1.165, 1.54) is 12.1 Å². The van der Waals surface area contributed by atoms with Crippen LogP contribution in [-0.2, 0) is 20.7 Å². The topological polar surface area (TPSA) is 85.0 Å². The van der Waals surface area contributed by atoms with Gasteiger partial charge in [0.05, 0.1) is 37.3 Å². The lowest BCUT2D eigenvalue weighted by Crippen LogP contribution is -2.44. The Balaban J connectivity index is 1.64. The molecule has 2 aliphatic heterocycles. The maximum absolute atomic E-state index is 14.4. The molecule has 0 saturated carbocycles. The number of benzene rings is 1. The molecule has 2 atom stereocenters. The van der Waals surface area contributed by atoms with Crippen molar-refractivity contribution in [1.29, 1.82) is 0 Å². The van der Waals surface area contributed by atoms with Gasteiger partial charge in [0.1, 0.15) is 23.5 Å². The van der Waals surface area contributed by atoms with Crippen LogP contribution in [0, 0.1) is 5.82 Å². The Labute approximate surface area is 224 Å². The third kappa shape index (κ3) is 6.61. The number of amides is 1. The van der Waals surface area contributed by atoms with Crippen LogP contribution in [0.2, 0.25) is 0 Å². The van der Waals surface area contributed by atoms with Gasteiger partial charge in [0.25, 0.3) is 5.91 Å². The van der Waals surface area contributed by atoms with Gasteiger partial charge in [0.15, 0.2) is 5.75 Å². The highest BCUT2D eigenvalue weighted by atomic mass is 32.1. The lowest BCUT2D eigenvalue weighted by molar-refractivity contribution is -0.118. The molecule has 0 radical (unpaired) electrons. The van der Waals surface area contributed by atoms with Gasteiger partial charge in [-0.3, -0.25) is 9.78 Å². The zero-order chi connectivity index (χ0) is 27.2. The van der Waals surface area contributed by atoms with Crippen molar-refractivity contribution in [2.75, 3.05) is 43.7 Å². The van der Waals surface area contributed by atoms with E-state index in [4.69, 9.17) is 26.4 Å². The third-order valence-electron chi connectivity index (χ3n) is 6.18. The Morgan fingerprint density at radius 1 is 1.34 bits per heavy atom. The Kier molecular flexibility index (Phi) is 9.18. The number of anilines is 2. The van der Waals surface area contributed by atoms with Gasteiger partial charge in [-0.1, -0.05) is 18.3 Å². The van der Waals surface area contributed by atoms with Crippen LogP contribution in [0.5, 0.6) is 5.75 Å². The fraction of sp³-hybridized carbons (Fsp3) is 0.423. The molecule has 0 spiro atoms. The molecule has 1 saturated heterocycles. The van der Waals surface area contributed by atoms with Crippen molar-refractivity contribution in [2.24, 2.45) is 0 Å². The Bertz CT molecular complexity index is 1210. The summed E-state index contributed by atoms with van der Waals surface area (Å²) in [6.07, 6.45) is -0.166. The summed E-state index contributed by atoms with van der Waals surface area (Å²) in [5.74, 6) is -0.742. The fourth-order valence-electron chi connectivity index (χ4n) is 4.35. The summed E-state index contributed by atoms with van der Waals surface area (Å²) < 4.78 is 57.7. The standard InChI is InChI=1S/C26H29F3N4O4S/c1-15-10-21(33(2)20-6-7-30-12-22(20)37-14-16-13-35-8-9-36-16)24(25(34)31-15)26(38)32-19-5-3-4-18(27)17(19)11-23(28)29/h3-7,12,15-16,23H,8-11,13-14H2,1-2H3,(H,31,34)(H,32,38)/t15-,16?/m1/s1. The van der Waals surface area contributed by atoms with E-state index in [1.54, 1.807) is 30.4 Å². The second kappa shape index (κ2) is 12.5. The van der Waals surface area contributed by atoms with E-state index in [9.17, 15) is 18.0 Å². The van der Waals surface area contributed by atoms with E-state index < -0.39 is 24.6 Å².